The Hall–Kier alpha value is -2.74. The fourth-order valence-electron chi connectivity index (χ4n) is 1.31. The molecule has 102 valence electrons. The largest absolute Gasteiger partial charge is 0.433 e. The second-order valence-corrected chi connectivity index (χ2v) is 4.00. The van der Waals surface area contributed by atoms with Crippen LogP contribution in [0.15, 0.2) is 51.9 Å². The molecule has 1 aromatic heterocycles. The molecule has 1 heterocycles. The number of hydrogen-bond acceptors (Lipinski definition) is 5. The van der Waals surface area contributed by atoms with Crippen molar-refractivity contribution in [3.63, 3.8) is 0 Å². The summed E-state index contributed by atoms with van der Waals surface area (Å²) >= 11 is 4.96. The van der Waals surface area contributed by atoms with Crippen LogP contribution in [0.2, 0.25) is 0 Å². The third-order valence-corrected chi connectivity index (χ3v) is 2.40. The quantitative estimate of drug-likeness (QED) is 0.389. The highest BCUT2D eigenvalue weighted by Gasteiger charge is 2.10. The SMILES string of the molecule is O=[N+]([O-])c1ccc(/C=N/C(=S)NNc2ccccc2)o1. The smallest absolute Gasteiger partial charge is 0.400 e. The van der Waals surface area contributed by atoms with Crippen LogP contribution in [0.25, 0.3) is 0 Å². The number of aliphatic imine (C=N–C) groups is 1. The summed E-state index contributed by atoms with van der Waals surface area (Å²) in [6.07, 6.45) is 1.30. The van der Waals surface area contributed by atoms with Crippen LogP contribution >= 0.6 is 12.2 Å². The molecule has 1 aromatic carbocycles. The highest BCUT2D eigenvalue weighted by molar-refractivity contribution is 7.80. The number of nitrogens with zero attached hydrogens (tertiary/aromatic N) is 2. The number of benzene rings is 1. The molecular formula is C12H10N4O3S. The summed E-state index contributed by atoms with van der Waals surface area (Å²) in [4.78, 5) is 13.7. The van der Waals surface area contributed by atoms with Gasteiger partial charge in [-0.2, -0.15) is 0 Å². The number of hydrogen-bond donors (Lipinski definition) is 2. The third-order valence-electron chi connectivity index (χ3n) is 2.19. The molecule has 2 N–H and O–H groups in total. The van der Waals surface area contributed by atoms with Gasteiger partial charge in [0.05, 0.1) is 18.0 Å². The molecule has 2 aromatic rings. The van der Waals surface area contributed by atoms with E-state index >= 15 is 0 Å². The zero-order chi connectivity index (χ0) is 14.4. The molecule has 0 radical (unpaired) electrons. The highest BCUT2D eigenvalue weighted by atomic mass is 32.1. The molecule has 0 bridgehead atoms. The molecule has 2 rings (SSSR count). The molecule has 0 aliphatic rings. The first-order valence-electron chi connectivity index (χ1n) is 5.54. The molecule has 8 heteroatoms. The lowest BCUT2D eigenvalue weighted by molar-refractivity contribution is -0.402. The molecular weight excluding hydrogens is 280 g/mol. The average Bonchev–Trinajstić information content (AvgIpc) is 2.93. The zero-order valence-corrected chi connectivity index (χ0v) is 11.0. The van der Waals surface area contributed by atoms with Gasteiger partial charge < -0.3 is 4.42 Å². The van der Waals surface area contributed by atoms with Crippen LogP contribution in [0.5, 0.6) is 0 Å². The molecule has 0 atom stereocenters. The van der Waals surface area contributed by atoms with Crippen LogP contribution in [0.1, 0.15) is 5.76 Å². The predicted octanol–water partition coefficient (Wildman–Crippen LogP) is 2.51. The first kappa shape index (κ1) is 13.7. The Labute approximate surface area is 119 Å². The summed E-state index contributed by atoms with van der Waals surface area (Å²) in [7, 11) is 0. The van der Waals surface area contributed by atoms with E-state index in [1.807, 2.05) is 30.3 Å². The van der Waals surface area contributed by atoms with Crippen LogP contribution < -0.4 is 10.9 Å². The van der Waals surface area contributed by atoms with Gasteiger partial charge in [-0.15, -0.1) is 0 Å². The molecule has 0 saturated heterocycles. The van der Waals surface area contributed by atoms with E-state index in [2.05, 4.69) is 15.8 Å². The highest BCUT2D eigenvalue weighted by Crippen LogP contribution is 2.13. The van der Waals surface area contributed by atoms with Gasteiger partial charge in [-0.05, 0) is 30.4 Å². The lowest BCUT2D eigenvalue weighted by Crippen LogP contribution is -2.26. The van der Waals surface area contributed by atoms with Gasteiger partial charge in [-0.1, -0.05) is 18.2 Å². The number of rotatable bonds is 4. The molecule has 0 aliphatic heterocycles. The lowest BCUT2D eigenvalue weighted by Gasteiger charge is -2.06. The molecule has 0 saturated carbocycles. The minimum Gasteiger partial charge on any atom is -0.400 e. The first-order valence-corrected chi connectivity index (χ1v) is 5.95. The first-order chi connectivity index (χ1) is 9.65. The maximum Gasteiger partial charge on any atom is 0.433 e. The summed E-state index contributed by atoms with van der Waals surface area (Å²) in [5.74, 6) is -0.0895. The Balaban J connectivity index is 1.87. The number of para-hydroxylation sites is 1. The van der Waals surface area contributed by atoms with Gasteiger partial charge >= 0.3 is 5.88 Å². The van der Waals surface area contributed by atoms with Crippen LogP contribution in [0.4, 0.5) is 11.6 Å². The van der Waals surface area contributed by atoms with Crippen LogP contribution in [-0.2, 0) is 0 Å². The minimum atomic E-state index is -0.620. The van der Waals surface area contributed by atoms with Crippen LogP contribution in [0.3, 0.4) is 0 Å². The standard InChI is InChI=1S/C12H10N4O3S/c17-16(18)11-7-6-10(19-11)8-13-12(20)15-14-9-4-2-1-3-5-9/h1-8,14H,(H,15,20)/b13-8+. The number of nitrogens with one attached hydrogen (secondary N) is 2. The number of anilines is 1. The van der Waals surface area contributed by atoms with Crippen molar-refractivity contribution in [3.05, 3.63) is 58.3 Å². The van der Waals surface area contributed by atoms with Crippen molar-refractivity contribution in [2.24, 2.45) is 4.99 Å². The Morgan fingerprint density at radius 2 is 2.05 bits per heavy atom. The van der Waals surface area contributed by atoms with E-state index in [1.54, 1.807) is 0 Å². The Morgan fingerprint density at radius 1 is 1.30 bits per heavy atom. The Bertz CT molecular complexity index is 639. The zero-order valence-electron chi connectivity index (χ0n) is 10.1. The van der Waals surface area contributed by atoms with E-state index < -0.39 is 4.92 Å². The van der Waals surface area contributed by atoms with Crippen molar-refractivity contribution < 1.29 is 9.34 Å². The number of nitro groups is 1. The monoisotopic (exact) mass is 290 g/mol. The van der Waals surface area contributed by atoms with Gasteiger partial charge in [0.1, 0.15) is 4.92 Å². The van der Waals surface area contributed by atoms with E-state index in [0.29, 0.717) is 0 Å². The van der Waals surface area contributed by atoms with Crippen molar-refractivity contribution in [1.29, 1.82) is 0 Å². The Morgan fingerprint density at radius 3 is 2.70 bits per heavy atom. The van der Waals surface area contributed by atoms with Crippen molar-refractivity contribution in [2.75, 3.05) is 5.43 Å². The minimum absolute atomic E-state index is 0.174. The van der Waals surface area contributed by atoms with Gasteiger partial charge in [0.25, 0.3) is 0 Å². The molecule has 20 heavy (non-hydrogen) atoms. The van der Waals surface area contributed by atoms with Gasteiger partial charge in [0.15, 0.2) is 5.76 Å². The van der Waals surface area contributed by atoms with Crippen LogP contribution in [-0.4, -0.2) is 16.3 Å². The van der Waals surface area contributed by atoms with Crippen molar-refractivity contribution in [2.45, 2.75) is 0 Å². The number of thiocarbonyl (C=S) groups is 1. The number of furan rings is 1. The average molecular weight is 290 g/mol. The van der Waals surface area contributed by atoms with Crippen molar-refractivity contribution >= 4 is 35.1 Å². The molecule has 0 fully saturated rings. The van der Waals surface area contributed by atoms with Gasteiger partial charge in [-0.25, -0.2) is 4.99 Å². The molecule has 0 spiro atoms. The van der Waals surface area contributed by atoms with E-state index in [1.165, 1.54) is 18.3 Å². The maximum absolute atomic E-state index is 10.4. The van der Waals surface area contributed by atoms with Gasteiger partial charge in [0.2, 0.25) is 5.11 Å². The van der Waals surface area contributed by atoms with Crippen molar-refractivity contribution in [3.8, 4) is 0 Å². The molecule has 0 aliphatic carbocycles. The van der Waals surface area contributed by atoms with E-state index in [0.717, 1.165) is 5.69 Å². The predicted molar refractivity (Wildman–Crippen MR) is 78.8 cm³/mol. The normalized spacial score (nSPS) is 10.4. The lowest BCUT2D eigenvalue weighted by atomic mass is 10.3. The van der Waals surface area contributed by atoms with E-state index in [9.17, 15) is 10.1 Å². The molecule has 0 amide bonds. The third kappa shape index (κ3) is 3.89. The number of hydrazine groups is 1. The fraction of sp³-hybridized carbons (Fsp3) is 0. The fourth-order valence-corrected chi connectivity index (χ4v) is 1.42. The van der Waals surface area contributed by atoms with Gasteiger partial charge in [-0.3, -0.25) is 21.0 Å². The van der Waals surface area contributed by atoms with Crippen LogP contribution in [0, 0.1) is 10.1 Å². The summed E-state index contributed by atoms with van der Waals surface area (Å²) in [5.41, 5.74) is 6.40. The Kier molecular flexibility index (Phi) is 4.40. The van der Waals surface area contributed by atoms with Crippen molar-refractivity contribution in [1.82, 2.24) is 5.43 Å². The van der Waals surface area contributed by atoms with E-state index in [4.69, 9.17) is 16.6 Å². The van der Waals surface area contributed by atoms with E-state index in [-0.39, 0.29) is 16.8 Å². The molecule has 0 unspecified atom stereocenters. The summed E-state index contributed by atoms with van der Waals surface area (Å²) in [5, 5.41) is 10.6. The second-order valence-electron chi connectivity index (χ2n) is 3.61. The molecule has 7 nitrogen and oxygen atoms in total. The van der Waals surface area contributed by atoms with Gasteiger partial charge in [0, 0.05) is 0 Å². The second kappa shape index (κ2) is 6.43. The summed E-state index contributed by atoms with van der Waals surface area (Å²) in [6, 6.07) is 12.0. The summed E-state index contributed by atoms with van der Waals surface area (Å²) in [6.45, 7) is 0. The topological polar surface area (TPSA) is 92.7 Å². The summed E-state index contributed by atoms with van der Waals surface area (Å²) < 4.78 is 4.90. The maximum atomic E-state index is 10.4.